The molecule has 0 spiro atoms. The molecule has 5 heteroatoms. The summed E-state index contributed by atoms with van der Waals surface area (Å²) in [6, 6.07) is 0. The molecule has 0 amide bonds. The molecule has 1 aliphatic heterocycles. The smallest absolute Gasteiger partial charge is 0.162 e. The molecule has 0 aliphatic carbocycles. The molecule has 2 aromatic rings. The summed E-state index contributed by atoms with van der Waals surface area (Å²) in [5.41, 5.74) is 10.5. The van der Waals surface area contributed by atoms with Crippen molar-refractivity contribution >= 4 is 28.9 Å². The SMILES string of the molecule is Cc1cscc1-c1nc(N)c2c(n1)CSC2. The number of nitrogens with two attached hydrogens (primary N) is 1. The molecule has 16 heavy (non-hydrogen) atoms. The van der Waals surface area contributed by atoms with Gasteiger partial charge in [-0.15, -0.1) is 0 Å². The van der Waals surface area contributed by atoms with Crippen LogP contribution in [0.15, 0.2) is 10.8 Å². The van der Waals surface area contributed by atoms with Gasteiger partial charge in [0.1, 0.15) is 5.82 Å². The Balaban J connectivity index is 2.17. The van der Waals surface area contributed by atoms with Gasteiger partial charge in [-0.3, -0.25) is 0 Å². The van der Waals surface area contributed by atoms with Crippen molar-refractivity contribution in [2.24, 2.45) is 0 Å². The van der Waals surface area contributed by atoms with Crippen LogP contribution in [0, 0.1) is 6.92 Å². The third kappa shape index (κ3) is 1.51. The molecule has 0 fully saturated rings. The fourth-order valence-corrected chi connectivity index (χ4v) is 3.67. The highest BCUT2D eigenvalue weighted by Gasteiger charge is 2.19. The number of hydrogen-bond donors (Lipinski definition) is 1. The van der Waals surface area contributed by atoms with E-state index in [-0.39, 0.29) is 0 Å². The molecule has 0 atom stereocenters. The molecule has 0 bridgehead atoms. The van der Waals surface area contributed by atoms with Gasteiger partial charge in [-0.25, -0.2) is 9.97 Å². The first-order valence-corrected chi connectivity index (χ1v) is 7.11. The number of aryl methyl sites for hydroxylation is 1. The average Bonchev–Trinajstić information content (AvgIpc) is 2.85. The summed E-state index contributed by atoms with van der Waals surface area (Å²) < 4.78 is 0. The van der Waals surface area contributed by atoms with Gasteiger partial charge in [0, 0.05) is 28.0 Å². The largest absolute Gasteiger partial charge is 0.383 e. The van der Waals surface area contributed by atoms with Crippen molar-refractivity contribution in [2.75, 3.05) is 5.73 Å². The summed E-state index contributed by atoms with van der Waals surface area (Å²) in [5.74, 6) is 3.33. The van der Waals surface area contributed by atoms with Gasteiger partial charge in [0.05, 0.1) is 5.69 Å². The maximum absolute atomic E-state index is 5.97. The highest BCUT2D eigenvalue weighted by Crippen LogP contribution is 2.34. The third-order valence-corrected chi connectivity index (χ3v) is 4.54. The van der Waals surface area contributed by atoms with E-state index < -0.39 is 0 Å². The van der Waals surface area contributed by atoms with E-state index >= 15 is 0 Å². The van der Waals surface area contributed by atoms with Crippen molar-refractivity contribution in [3.63, 3.8) is 0 Å². The predicted molar refractivity (Wildman–Crippen MR) is 69.5 cm³/mol. The Morgan fingerprint density at radius 3 is 2.88 bits per heavy atom. The first kappa shape index (κ1) is 10.1. The second kappa shape index (κ2) is 3.75. The van der Waals surface area contributed by atoms with Crippen molar-refractivity contribution in [1.82, 2.24) is 9.97 Å². The number of thioether (sulfide) groups is 1. The number of hydrogen-bond acceptors (Lipinski definition) is 5. The standard InChI is InChI=1S/C11H11N3S2/c1-6-2-15-3-7(6)11-13-9-5-16-4-8(9)10(12)14-11/h2-3H,4-5H2,1H3,(H2,12,13,14). The van der Waals surface area contributed by atoms with Crippen molar-refractivity contribution in [3.05, 3.63) is 27.6 Å². The quantitative estimate of drug-likeness (QED) is 0.844. The molecule has 0 saturated heterocycles. The maximum atomic E-state index is 5.97. The second-order valence-corrected chi connectivity index (χ2v) is 5.55. The highest BCUT2D eigenvalue weighted by molar-refractivity contribution is 7.98. The number of rotatable bonds is 1. The van der Waals surface area contributed by atoms with E-state index in [1.54, 1.807) is 11.3 Å². The molecule has 3 rings (SSSR count). The van der Waals surface area contributed by atoms with Gasteiger partial charge in [-0.2, -0.15) is 23.1 Å². The fraction of sp³-hybridized carbons (Fsp3) is 0.273. The molecule has 3 heterocycles. The summed E-state index contributed by atoms with van der Waals surface area (Å²) >= 11 is 3.52. The fourth-order valence-electron chi connectivity index (χ4n) is 1.79. The number of aromatic nitrogens is 2. The highest BCUT2D eigenvalue weighted by atomic mass is 32.2. The molecule has 82 valence electrons. The third-order valence-electron chi connectivity index (χ3n) is 2.71. The zero-order valence-electron chi connectivity index (χ0n) is 8.86. The molecular weight excluding hydrogens is 238 g/mol. The molecule has 0 aromatic carbocycles. The van der Waals surface area contributed by atoms with Gasteiger partial charge in [0.2, 0.25) is 0 Å². The number of nitrogens with zero attached hydrogens (tertiary/aromatic N) is 2. The monoisotopic (exact) mass is 249 g/mol. The first-order valence-electron chi connectivity index (χ1n) is 5.02. The summed E-state index contributed by atoms with van der Waals surface area (Å²) in [5, 5.41) is 4.19. The van der Waals surface area contributed by atoms with Gasteiger partial charge < -0.3 is 5.73 Å². The molecule has 0 radical (unpaired) electrons. The molecule has 2 N–H and O–H groups in total. The van der Waals surface area contributed by atoms with Crippen LogP contribution in [0.2, 0.25) is 0 Å². The summed E-state index contributed by atoms with van der Waals surface area (Å²) in [6.07, 6.45) is 0. The van der Waals surface area contributed by atoms with E-state index in [4.69, 9.17) is 5.73 Å². The lowest BCUT2D eigenvalue weighted by molar-refractivity contribution is 1.08. The van der Waals surface area contributed by atoms with Crippen LogP contribution < -0.4 is 5.73 Å². The Hall–Kier alpha value is -1.07. The van der Waals surface area contributed by atoms with Gasteiger partial charge in [0.15, 0.2) is 5.82 Å². The van der Waals surface area contributed by atoms with Crippen LogP contribution in [0.25, 0.3) is 11.4 Å². The van der Waals surface area contributed by atoms with Crippen LogP contribution in [-0.4, -0.2) is 9.97 Å². The minimum Gasteiger partial charge on any atom is -0.383 e. The summed E-state index contributed by atoms with van der Waals surface area (Å²) in [7, 11) is 0. The van der Waals surface area contributed by atoms with Crippen molar-refractivity contribution < 1.29 is 0 Å². The van der Waals surface area contributed by atoms with Crippen LogP contribution in [0.5, 0.6) is 0 Å². The molecule has 0 unspecified atom stereocenters. The average molecular weight is 249 g/mol. The van der Waals surface area contributed by atoms with Crippen LogP contribution >= 0.6 is 23.1 Å². The number of nitrogen functional groups attached to an aromatic ring is 1. The summed E-state index contributed by atoms with van der Waals surface area (Å²) in [6.45, 7) is 2.08. The molecule has 2 aromatic heterocycles. The predicted octanol–water partition coefficient (Wildman–Crippen LogP) is 2.84. The Labute approximate surface area is 102 Å². The van der Waals surface area contributed by atoms with E-state index in [2.05, 4.69) is 27.7 Å². The van der Waals surface area contributed by atoms with Crippen molar-refractivity contribution in [2.45, 2.75) is 18.4 Å². The van der Waals surface area contributed by atoms with Gasteiger partial charge in [-0.1, -0.05) is 0 Å². The van der Waals surface area contributed by atoms with Gasteiger partial charge in [-0.05, 0) is 17.9 Å². The van der Waals surface area contributed by atoms with Crippen LogP contribution in [0.1, 0.15) is 16.8 Å². The zero-order chi connectivity index (χ0) is 11.1. The Kier molecular flexibility index (Phi) is 2.37. The van der Waals surface area contributed by atoms with E-state index in [1.165, 1.54) is 5.56 Å². The minimum absolute atomic E-state index is 0.649. The summed E-state index contributed by atoms with van der Waals surface area (Å²) in [4.78, 5) is 9.02. The minimum atomic E-state index is 0.649. The lowest BCUT2D eigenvalue weighted by atomic mass is 10.2. The number of fused-ring (bicyclic) bond motifs is 1. The van der Waals surface area contributed by atoms with E-state index in [0.717, 1.165) is 34.2 Å². The van der Waals surface area contributed by atoms with E-state index in [0.29, 0.717) is 5.82 Å². The van der Waals surface area contributed by atoms with Crippen molar-refractivity contribution in [3.8, 4) is 11.4 Å². The van der Waals surface area contributed by atoms with E-state index in [9.17, 15) is 0 Å². The Morgan fingerprint density at radius 2 is 2.12 bits per heavy atom. The molecule has 0 saturated carbocycles. The molecular formula is C11H11N3S2. The van der Waals surface area contributed by atoms with E-state index in [1.807, 2.05) is 11.8 Å². The maximum Gasteiger partial charge on any atom is 0.162 e. The lowest BCUT2D eigenvalue weighted by Crippen LogP contribution is -2.02. The van der Waals surface area contributed by atoms with Gasteiger partial charge in [0.25, 0.3) is 0 Å². The van der Waals surface area contributed by atoms with Crippen LogP contribution in [0.3, 0.4) is 0 Å². The molecule has 3 nitrogen and oxygen atoms in total. The number of thiophene rings is 1. The van der Waals surface area contributed by atoms with Crippen molar-refractivity contribution in [1.29, 1.82) is 0 Å². The van der Waals surface area contributed by atoms with Gasteiger partial charge >= 0.3 is 0 Å². The lowest BCUT2D eigenvalue weighted by Gasteiger charge is -2.05. The molecule has 1 aliphatic rings. The topological polar surface area (TPSA) is 51.8 Å². The van der Waals surface area contributed by atoms with Crippen LogP contribution in [0.4, 0.5) is 5.82 Å². The Bertz CT molecular complexity index is 548. The zero-order valence-corrected chi connectivity index (χ0v) is 10.5. The number of anilines is 1. The van der Waals surface area contributed by atoms with Crippen LogP contribution in [-0.2, 0) is 11.5 Å². The first-order chi connectivity index (χ1) is 7.75. The normalized spacial score (nSPS) is 14.1. The Morgan fingerprint density at radius 1 is 1.25 bits per heavy atom. The second-order valence-electron chi connectivity index (χ2n) is 3.82.